The Morgan fingerprint density at radius 2 is 1.86 bits per heavy atom. The third kappa shape index (κ3) is 6.16. The van der Waals surface area contributed by atoms with Crippen LogP contribution in [0.5, 0.6) is 0 Å². The number of benzene rings is 1. The summed E-state index contributed by atoms with van der Waals surface area (Å²) in [5, 5.41) is 6.99. The number of piperidine rings is 1. The molecular weight excluding hydrogens is 371 g/mol. The van der Waals surface area contributed by atoms with E-state index in [1.54, 1.807) is 0 Å². The molecule has 4 nitrogen and oxygen atoms in total. The molecule has 2 aromatic rings. The second kappa shape index (κ2) is 9.82. The number of aryl methyl sites for hydroxylation is 1. The molecule has 1 saturated heterocycles. The van der Waals surface area contributed by atoms with E-state index in [0.29, 0.717) is 16.9 Å². The highest BCUT2D eigenvalue weighted by molar-refractivity contribution is 7.80. The van der Waals surface area contributed by atoms with Crippen molar-refractivity contribution in [2.75, 3.05) is 29.9 Å². The van der Waals surface area contributed by atoms with E-state index in [4.69, 9.17) is 12.2 Å². The van der Waals surface area contributed by atoms with Gasteiger partial charge < -0.3 is 15.5 Å². The average molecular weight is 401 g/mol. The van der Waals surface area contributed by atoms with Gasteiger partial charge in [-0.05, 0) is 73.1 Å². The highest BCUT2D eigenvalue weighted by Gasteiger charge is 2.22. The van der Waals surface area contributed by atoms with Gasteiger partial charge in [-0.1, -0.05) is 26.0 Å². The molecule has 150 valence electrons. The van der Waals surface area contributed by atoms with Crippen LogP contribution in [-0.2, 0) is 6.42 Å². The van der Waals surface area contributed by atoms with Crippen molar-refractivity contribution >= 4 is 28.8 Å². The molecule has 6 heteroatoms. The van der Waals surface area contributed by atoms with Crippen LogP contribution in [0, 0.1) is 17.7 Å². The van der Waals surface area contributed by atoms with Crippen LogP contribution >= 0.6 is 12.2 Å². The van der Waals surface area contributed by atoms with E-state index < -0.39 is 0 Å². The summed E-state index contributed by atoms with van der Waals surface area (Å²) in [6.45, 7) is 7.51. The van der Waals surface area contributed by atoms with Crippen molar-refractivity contribution in [1.82, 2.24) is 10.3 Å². The van der Waals surface area contributed by atoms with Crippen LogP contribution in [0.15, 0.2) is 42.6 Å². The first kappa shape index (κ1) is 20.5. The lowest BCUT2D eigenvalue weighted by molar-refractivity contribution is 0.355. The number of anilines is 2. The van der Waals surface area contributed by atoms with E-state index >= 15 is 0 Å². The van der Waals surface area contributed by atoms with Crippen LogP contribution in [0.25, 0.3) is 0 Å². The Hall–Kier alpha value is -2.21. The van der Waals surface area contributed by atoms with Crippen molar-refractivity contribution in [1.29, 1.82) is 0 Å². The van der Waals surface area contributed by atoms with Crippen LogP contribution in [0.1, 0.15) is 32.3 Å². The number of rotatable bonds is 6. The monoisotopic (exact) mass is 400 g/mol. The molecule has 0 saturated carbocycles. The van der Waals surface area contributed by atoms with Crippen LogP contribution in [0.4, 0.5) is 15.9 Å². The summed E-state index contributed by atoms with van der Waals surface area (Å²) in [5.74, 6) is 2.24. The molecule has 1 aromatic heterocycles. The molecule has 1 aromatic carbocycles. The van der Waals surface area contributed by atoms with Gasteiger partial charge in [0.2, 0.25) is 0 Å². The molecule has 0 amide bonds. The molecule has 3 rings (SSSR count). The second-order valence-electron chi connectivity index (χ2n) is 7.87. The number of pyridine rings is 1. The molecule has 1 fully saturated rings. The van der Waals surface area contributed by atoms with Gasteiger partial charge in [0.15, 0.2) is 5.11 Å². The first-order valence-corrected chi connectivity index (χ1v) is 10.4. The van der Waals surface area contributed by atoms with Gasteiger partial charge in [0.1, 0.15) is 11.6 Å². The van der Waals surface area contributed by atoms with Crippen LogP contribution in [0.3, 0.4) is 0 Å². The second-order valence-corrected chi connectivity index (χ2v) is 8.28. The minimum Gasteiger partial charge on any atom is -0.362 e. The maximum Gasteiger partial charge on any atom is 0.170 e. The molecule has 2 atom stereocenters. The zero-order chi connectivity index (χ0) is 19.9. The molecule has 0 aliphatic carbocycles. The maximum absolute atomic E-state index is 12.9. The summed E-state index contributed by atoms with van der Waals surface area (Å²) in [6.07, 6.45) is 4.94. The zero-order valence-electron chi connectivity index (χ0n) is 16.6. The molecule has 0 unspecified atom stereocenters. The Balaban J connectivity index is 1.41. The topological polar surface area (TPSA) is 40.2 Å². The fourth-order valence-corrected chi connectivity index (χ4v) is 4.04. The summed E-state index contributed by atoms with van der Waals surface area (Å²) in [6, 6.07) is 10.7. The minimum absolute atomic E-state index is 0.198. The predicted octanol–water partition coefficient (Wildman–Crippen LogP) is 4.62. The van der Waals surface area contributed by atoms with Crippen LogP contribution in [0.2, 0.25) is 0 Å². The van der Waals surface area contributed by atoms with E-state index in [1.165, 1.54) is 18.6 Å². The number of halogens is 1. The van der Waals surface area contributed by atoms with Gasteiger partial charge in [0, 0.05) is 19.6 Å². The predicted molar refractivity (Wildman–Crippen MR) is 118 cm³/mol. The van der Waals surface area contributed by atoms with Crippen molar-refractivity contribution in [2.45, 2.75) is 33.1 Å². The van der Waals surface area contributed by atoms with Gasteiger partial charge in [-0.2, -0.15) is 0 Å². The highest BCUT2D eigenvalue weighted by atomic mass is 32.1. The van der Waals surface area contributed by atoms with Gasteiger partial charge in [-0.15, -0.1) is 0 Å². The highest BCUT2D eigenvalue weighted by Crippen LogP contribution is 2.25. The molecule has 1 aliphatic heterocycles. The number of thiocarbonyl (C=S) groups is 1. The lowest BCUT2D eigenvalue weighted by Crippen LogP contribution is -2.39. The van der Waals surface area contributed by atoms with Crippen molar-refractivity contribution in [2.24, 2.45) is 11.8 Å². The zero-order valence-corrected chi connectivity index (χ0v) is 17.4. The largest absolute Gasteiger partial charge is 0.362 e. The van der Waals surface area contributed by atoms with E-state index in [-0.39, 0.29) is 5.82 Å². The lowest BCUT2D eigenvalue weighted by atomic mass is 9.92. The smallest absolute Gasteiger partial charge is 0.170 e. The van der Waals surface area contributed by atoms with Gasteiger partial charge in [0.05, 0.1) is 11.9 Å². The normalized spacial score (nSPS) is 19.3. The SMILES string of the molecule is C[C@@H]1C[C@@H](C)CN(c2ccc(NC(=S)NCCCc3ccc(F)cc3)cn2)C1. The third-order valence-electron chi connectivity index (χ3n) is 5.04. The van der Waals surface area contributed by atoms with Gasteiger partial charge >= 0.3 is 0 Å². The van der Waals surface area contributed by atoms with Crippen molar-refractivity contribution < 1.29 is 4.39 Å². The molecule has 0 bridgehead atoms. The Labute approximate surface area is 172 Å². The minimum atomic E-state index is -0.198. The van der Waals surface area contributed by atoms with Gasteiger partial charge in [0.25, 0.3) is 0 Å². The summed E-state index contributed by atoms with van der Waals surface area (Å²) in [7, 11) is 0. The molecule has 0 spiro atoms. The quantitative estimate of drug-likeness (QED) is 0.547. The molecule has 28 heavy (non-hydrogen) atoms. The number of hydrogen-bond donors (Lipinski definition) is 2. The molecule has 2 N–H and O–H groups in total. The Bertz CT molecular complexity index is 753. The number of aromatic nitrogens is 1. The van der Waals surface area contributed by atoms with Crippen molar-refractivity contribution in [3.63, 3.8) is 0 Å². The van der Waals surface area contributed by atoms with Crippen LogP contribution in [-0.4, -0.2) is 29.7 Å². The molecule has 2 heterocycles. The summed E-state index contributed by atoms with van der Waals surface area (Å²) in [5.41, 5.74) is 2.01. The summed E-state index contributed by atoms with van der Waals surface area (Å²) >= 11 is 5.36. The molecule has 0 radical (unpaired) electrons. The summed E-state index contributed by atoms with van der Waals surface area (Å²) < 4.78 is 12.9. The van der Waals surface area contributed by atoms with Crippen molar-refractivity contribution in [3.8, 4) is 0 Å². The first-order chi connectivity index (χ1) is 13.5. The third-order valence-corrected chi connectivity index (χ3v) is 5.29. The summed E-state index contributed by atoms with van der Waals surface area (Å²) in [4.78, 5) is 6.98. The fraction of sp³-hybridized carbons (Fsp3) is 0.455. The van der Waals surface area contributed by atoms with E-state index in [0.717, 1.165) is 49.5 Å². The van der Waals surface area contributed by atoms with Gasteiger partial charge in [-0.3, -0.25) is 0 Å². The fourth-order valence-electron chi connectivity index (χ4n) is 3.82. The average Bonchev–Trinajstić information content (AvgIpc) is 2.66. The van der Waals surface area contributed by atoms with E-state index in [2.05, 4.69) is 40.4 Å². The number of nitrogens with zero attached hydrogens (tertiary/aromatic N) is 2. The maximum atomic E-state index is 12.9. The van der Waals surface area contributed by atoms with Crippen LogP contribution < -0.4 is 15.5 Å². The molecule has 1 aliphatic rings. The van der Waals surface area contributed by atoms with Crippen molar-refractivity contribution in [3.05, 3.63) is 54.0 Å². The lowest BCUT2D eigenvalue weighted by Gasteiger charge is -2.35. The number of nitrogens with one attached hydrogen (secondary N) is 2. The van der Waals surface area contributed by atoms with E-state index in [9.17, 15) is 4.39 Å². The first-order valence-electron chi connectivity index (χ1n) is 10.00. The molecular formula is C22H29FN4S. The Morgan fingerprint density at radius 3 is 2.50 bits per heavy atom. The van der Waals surface area contributed by atoms with E-state index in [1.807, 2.05) is 24.4 Å². The van der Waals surface area contributed by atoms with Gasteiger partial charge in [-0.25, -0.2) is 9.37 Å². The number of hydrogen-bond acceptors (Lipinski definition) is 3. The Kier molecular flexibility index (Phi) is 7.20. The Morgan fingerprint density at radius 1 is 1.14 bits per heavy atom. The standard InChI is InChI=1S/C22H29FN4S/c1-16-12-17(2)15-27(14-16)21-10-9-20(13-25-21)26-22(28)24-11-3-4-18-5-7-19(23)8-6-18/h5-10,13,16-17H,3-4,11-12,14-15H2,1-2H3,(H2,24,26,28)/t16-,17-/m1/s1.